The first-order valence-electron chi connectivity index (χ1n) is 9.11. The van der Waals surface area contributed by atoms with Crippen LogP contribution in [0.3, 0.4) is 0 Å². The number of aryl methyl sites for hydroxylation is 1. The molecular weight excluding hydrogens is 414 g/mol. The van der Waals surface area contributed by atoms with Crippen LogP contribution in [0, 0.1) is 0 Å². The zero-order chi connectivity index (χ0) is 18.9. The van der Waals surface area contributed by atoms with Crippen molar-refractivity contribution in [3.05, 3.63) is 33.2 Å². The lowest BCUT2D eigenvalue weighted by Gasteiger charge is -2.09. The molecule has 1 aromatic heterocycles. The van der Waals surface area contributed by atoms with Crippen LogP contribution in [-0.2, 0) is 11.2 Å². The summed E-state index contributed by atoms with van der Waals surface area (Å²) in [5.74, 6) is 1.17. The minimum Gasteiger partial charge on any atom is -0.492 e. The second-order valence-electron chi connectivity index (χ2n) is 6.08. The molecule has 5 nitrogen and oxygen atoms in total. The fourth-order valence-electron chi connectivity index (χ4n) is 2.57. The molecule has 0 atom stereocenters. The summed E-state index contributed by atoms with van der Waals surface area (Å²) in [6.07, 6.45) is 4.09. The van der Waals surface area contributed by atoms with Crippen molar-refractivity contribution in [2.45, 2.75) is 58.8 Å². The van der Waals surface area contributed by atoms with E-state index in [2.05, 4.69) is 64.3 Å². The van der Waals surface area contributed by atoms with Gasteiger partial charge < -0.3 is 10.1 Å². The summed E-state index contributed by atoms with van der Waals surface area (Å²) in [5, 5.41) is 12.7. The Balaban J connectivity index is 1.74. The van der Waals surface area contributed by atoms with Crippen LogP contribution in [0.4, 0.5) is 5.13 Å². The van der Waals surface area contributed by atoms with Crippen molar-refractivity contribution in [2.24, 2.45) is 0 Å². The number of aromatic nitrogens is 2. The van der Waals surface area contributed by atoms with Gasteiger partial charge in [-0.1, -0.05) is 38.2 Å². The number of ether oxygens (including phenoxy) is 1. The first kappa shape index (κ1) is 20.8. The zero-order valence-corrected chi connectivity index (χ0v) is 18.0. The molecule has 0 radical (unpaired) electrons. The Morgan fingerprint density at radius 2 is 2.04 bits per heavy atom. The third-order valence-electron chi connectivity index (χ3n) is 4.23. The summed E-state index contributed by atoms with van der Waals surface area (Å²) in [5.41, 5.74) is 1.26. The van der Waals surface area contributed by atoms with Gasteiger partial charge in [0.2, 0.25) is 11.0 Å². The van der Waals surface area contributed by atoms with Crippen LogP contribution in [0.5, 0.6) is 5.75 Å². The highest BCUT2D eigenvalue weighted by molar-refractivity contribution is 9.10. The second-order valence-corrected chi connectivity index (χ2v) is 7.94. The number of nitrogens with zero attached hydrogens (tertiary/aromatic N) is 2. The molecule has 1 heterocycles. The van der Waals surface area contributed by atoms with E-state index >= 15 is 0 Å². The molecule has 1 N–H and O–H groups in total. The van der Waals surface area contributed by atoms with Gasteiger partial charge >= 0.3 is 0 Å². The van der Waals surface area contributed by atoms with Gasteiger partial charge in [0.1, 0.15) is 10.8 Å². The number of carbonyl (C=O) groups is 1. The molecule has 0 bridgehead atoms. The molecule has 0 fully saturated rings. The predicted octanol–water partition coefficient (Wildman–Crippen LogP) is 5.56. The van der Waals surface area contributed by atoms with E-state index in [9.17, 15) is 4.79 Å². The number of anilines is 1. The van der Waals surface area contributed by atoms with Crippen molar-refractivity contribution in [3.63, 3.8) is 0 Å². The molecule has 0 spiro atoms. The number of rotatable bonds is 10. The van der Waals surface area contributed by atoms with Gasteiger partial charge in [-0.2, -0.15) is 0 Å². The Kier molecular flexibility index (Phi) is 8.51. The monoisotopic (exact) mass is 439 g/mol. The van der Waals surface area contributed by atoms with Crippen molar-refractivity contribution >= 4 is 38.3 Å². The van der Waals surface area contributed by atoms with E-state index < -0.39 is 0 Å². The second kappa shape index (κ2) is 10.6. The van der Waals surface area contributed by atoms with Gasteiger partial charge in [0.15, 0.2) is 0 Å². The van der Waals surface area contributed by atoms with Crippen molar-refractivity contribution in [2.75, 3.05) is 11.9 Å². The van der Waals surface area contributed by atoms with Crippen molar-refractivity contribution in [1.82, 2.24) is 10.2 Å². The lowest BCUT2D eigenvalue weighted by atomic mass is 10.1. The van der Waals surface area contributed by atoms with E-state index in [0.717, 1.165) is 34.5 Å². The van der Waals surface area contributed by atoms with Crippen LogP contribution in [0.15, 0.2) is 22.7 Å². The topological polar surface area (TPSA) is 64.1 Å². The number of hydrogen-bond donors (Lipinski definition) is 1. The van der Waals surface area contributed by atoms with E-state index in [1.807, 2.05) is 6.07 Å². The summed E-state index contributed by atoms with van der Waals surface area (Å²) >= 11 is 4.99. The van der Waals surface area contributed by atoms with E-state index in [0.29, 0.717) is 30.5 Å². The molecule has 2 aromatic rings. The molecule has 0 saturated heterocycles. The lowest BCUT2D eigenvalue weighted by molar-refractivity contribution is -0.116. The average molecular weight is 440 g/mol. The van der Waals surface area contributed by atoms with Gasteiger partial charge in [-0.15, -0.1) is 10.2 Å². The molecule has 2 rings (SSSR count). The molecule has 0 unspecified atom stereocenters. The van der Waals surface area contributed by atoms with Crippen LogP contribution in [0.2, 0.25) is 0 Å². The fourth-order valence-corrected chi connectivity index (χ4v) is 4.13. The summed E-state index contributed by atoms with van der Waals surface area (Å²) in [4.78, 5) is 12.1. The zero-order valence-electron chi connectivity index (χ0n) is 15.5. The lowest BCUT2D eigenvalue weighted by Crippen LogP contribution is -2.12. The Morgan fingerprint density at radius 3 is 2.69 bits per heavy atom. The number of benzene rings is 1. The van der Waals surface area contributed by atoms with E-state index in [1.165, 1.54) is 16.9 Å². The number of carbonyl (C=O) groups excluding carboxylic acids is 1. The predicted molar refractivity (Wildman–Crippen MR) is 110 cm³/mol. The molecular formula is C19H26BrN3O2S. The Bertz CT molecular complexity index is 717. The van der Waals surface area contributed by atoms with Gasteiger partial charge in [0.25, 0.3) is 0 Å². The SMILES string of the molecule is CCc1ccc(OCCCC(=O)Nc2nnc(C(CC)CC)s2)c(Br)c1. The molecule has 0 aliphatic heterocycles. The largest absolute Gasteiger partial charge is 0.492 e. The summed E-state index contributed by atoms with van der Waals surface area (Å²) in [6.45, 7) is 6.89. The Hall–Kier alpha value is -1.47. The van der Waals surface area contributed by atoms with Crippen LogP contribution in [0.25, 0.3) is 0 Å². The van der Waals surface area contributed by atoms with E-state index in [4.69, 9.17) is 4.74 Å². The summed E-state index contributed by atoms with van der Waals surface area (Å²) < 4.78 is 6.70. The minimum absolute atomic E-state index is 0.0544. The smallest absolute Gasteiger partial charge is 0.226 e. The van der Waals surface area contributed by atoms with Gasteiger partial charge in [-0.3, -0.25) is 4.79 Å². The average Bonchev–Trinajstić information content (AvgIpc) is 3.09. The van der Waals surface area contributed by atoms with Gasteiger partial charge in [0.05, 0.1) is 11.1 Å². The number of halogens is 1. The third-order valence-corrected chi connectivity index (χ3v) is 5.85. The molecule has 7 heteroatoms. The maximum atomic E-state index is 12.1. The van der Waals surface area contributed by atoms with E-state index in [-0.39, 0.29) is 5.91 Å². The molecule has 0 aliphatic carbocycles. The molecule has 1 aromatic carbocycles. The Labute approximate surface area is 167 Å². The highest BCUT2D eigenvalue weighted by Gasteiger charge is 2.14. The highest BCUT2D eigenvalue weighted by Crippen LogP contribution is 2.28. The van der Waals surface area contributed by atoms with Crippen molar-refractivity contribution < 1.29 is 9.53 Å². The molecule has 1 amide bonds. The van der Waals surface area contributed by atoms with Crippen LogP contribution in [-0.4, -0.2) is 22.7 Å². The maximum Gasteiger partial charge on any atom is 0.226 e. The van der Waals surface area contributed by atoms with Gasteiger partial charge in [-0.25, -0.2) is 0 Å². The minimum atomic E-state index is -0.0544. The summed E-state index contributed by atoms with van der Waals surface area (Å²) in [6, 6.07) is 6.08. The quantitative estimate of drug-likeness (QED) is 0.491. The number of hydrogen-bond acceptors (Lipinski definition) is 5. The molecule has 142 valence electrons. The normalized spacial score (nSPS) is 11.0. The van der Waals surface area contributed by atoms with Crippen molar-refractivity contribution in [3.8, 4) is 5.75 Å². The maximum absolute atomic E-state index is 12.1. The van der Waals surface area contributed by atoms with Crippen molar-refractivity contribution in [1.29, 1.82) is 0 Å². The first-order chi connectivity index (χ1) is 12.6. The molecule has 0 saturated carbocycles. The van der Waals surface area contributed by atoms with Crippen LogP contribution < -0.4 is 10.1 Å². The highest BCUT2D eigenvalue weighted by atomic mass is 79.9. The van der Waals surface area contributed by atoms with Crippen LogP contribution in [0.1, 0.15) is 62.9 Å². The standard InChI is InChI=1S/C19H26BrN3O2S/c1-4-13-9-10-16(15(20)12-13)25-11-7-8-17(24)21-19-23-22-18(26-19)14(5-2)6-3/h9-10,12,14H,4-8,11H2,1-3H3,(H,21,23,24). The summed E-state index contributed by atoms with van der Waals surface area (Å²) in [7, 11) is 0. The first-order valence-corrected chi connectivity index (χ1v) is 10.7. The van der Waals surface area contributed by atoms with Crippen LogP contribution >= 0.6 is 27.3 Å². The van der Waals surface area contributed by atoms with E-state index in [1.54, 1.807) is 0 Å². The Morgan fingerprint density at radius 1 is 1.27 bits per heavy atom. The number of amides is 1. The molecule has 0 aliphatic rings. The molecule has 26 heavy (non-hydrogen) atoms. The third kappa shape index (κ3) is 6.06. The fraction of sp³-hybridized carbons (Fsp3) is 0.526. The van der Waals surface area contributed by atoms with Gasteiger partial charge in [-0.05, 0) is 59.3 Å². The number of nitrogens with one attached hydrogen (secondary N) is 1. The van der Waals surface area contributed by atoms with Gasteiger partial charge in [0, 0.05) is 12.3 Å².